The molecule has 1 atom stereocenters. The maximum absolute atomic E-state index is 12.4. The summed E-state index contributed by atoms with van der Waals surface area (Å²) in [7, 11) is 0. The van der Waals surface area contributed by atoms with Gasteiger partial charge in [0.05, 0.1) is 6.54 Å². The Labute approximate surface area is 133 Å². The normalized spacial score (nSPS) is 11.8. The summed E-state index contributed by atoms with van der Waals surface area (Å²) in [6.07, 6.45) is 2.68. The molecule has 22 heavy (non-hydrogen) atoms. The van der Waals surface area contributed by atoms with E-state index in [0.29, 0.717) is 6.54 Å². The first kappa shape index (κ1) is 18.2. The fourth-order valence-corrected chi connectivity index (χ4v) is 2.48. The number of nitrogens with one attached hydrogen (secondary N) is 1. The molecule has 0 bridgehead atoms. The highest BCUT2D eigenvalue weighted by atomic mass is 16.2. The third-order valence-electron chi connectivity index (χ3n) is 3.70. The van der Waals surface area contributed by atoms with Gasteiger partial charge in [0.1, 0.15) is 0 Å². The van der Waals surface area contributed by atoms with Crippen molar-refractivity contribution in [3.63, 3.8) is 0 Å². The van der Waals surface area contributed by atoms with Crippen molar-refractivity contribution in [2.75, 3.05) is 18.4 Å². The number of hydrogen-bond acceptors (Lipinski definition) is 2. The second-order valence-electron chi connectivity index (χ2n) is 5.81. The number of nitrogens with zero attached hydrogens (tertiary/aromatic N) is 1. The van der Waals surface area contributed by atoms with Crippen LogP contribution >= 0.6 is 0 Å². The summed E-state index contributed by atoms with van der Waals surface area (Å²) in [5.74, 6) is -0.0914. The Kier molecular flexibility index (Phi) is 7.64. The summed E-state index contributed by atoms with van der Waals surface area (Å²) in [5.41, 5.74) is 1.82. The molecule has 1 aromatic carbocycles. The van der Waals surface area contributed by atoms with E-state index in [4.69, 9.17) is 0 Å². The zero-order chi connectivity index (χ0) is 16.5. The summed E-state index contributed by atoms with van der Waals surface area (Å²) in [6, 6.07) is 7.65. The number of carbonyl (C=O) groups is 2. The molecule has 0 radical (unpaired) electrons. The van der Waals surface area contributed by atoms with E-state index in [1.54, 1.807) is 4.90 Å². The van der Waals surface area contributed by atoms with E-state index in [-0.39, 0.29) is 24.3 Å². The predicted octanol–water partition coefficient (Wildman–Crippen LogP) is 3.61. The van der Waals surface area contributed by atoms with E-state index >= 15 is 0 Å². The van der Waals surface area contributed by atoms with Crippen molar-refractivity contribution in [1.82, 2.24) is 4.90 Å². The Bertz CT molecular complexity index is 500. The first-order valence-corrected chi connectivity index (χ1v) is 8.13. The van der Waals surface area contributed by atoms with Gasteiger partial charge in [0.15, 0.2) is 0 Å². The smallest absolute Gasteiger partial charge is 0.244 e. The highest BCUT2D eigenvalue weighted by Crippen LogP contribution is 2.14. The van der Waals surface area contributed by atoms with Gasteiger partial charge in [0.25, 0.3) is 0 Å². The molecule has 0 aliphatic heterocycles. The van der Waals surface area contributed by atoms with E-state index in [9.17, 15) is 9.59 Å². The fraction of sp³-hybridized carbons (Fsp3) is 0.556. The molecule has 0 fully saturated rings. The Hall–Kier alpha value is -1.84. The highest BCUT2D eigenvalue weighted by Gasteiger charge is 2.21. The minimum atomic E-state index is -0.139. The number of anilines is 1. The maximum atomic E-state index is 12.4. The van der Waals surface area contributed by atoms with E-state index < -0.39 is 0 Å². The van der Waals surface area contributed by atoms with Crippen molar-refractivity contribution < 1.29 is 9.59 Å². The van der Waals surface area contributed by atoms with Gasteiger partial charge < -0.3 is 10.2 Å². The lowest BCUT2D eigenvalue weighted by Gasteiger charge is -2.25. The number of para-hydroxylation sites is 1. The second kappa shape index (κ2) is 9.23. The van der Waals surface area contributed by atoms with Gasteiger partial charge in [-0.05, 0) is 31.4 Å². The van der Waals surface area contributed by atoms with Crippen molar-refractivity contribution in [3.8, 4) is 0 Å². The van der Waals surface area contributed by atoms with Crippen LogP contribution in [0.15, 0.2) is 24.3 Å². The average molecular weight is 304 g/mol. The van der Waals surface area contributed by atoms with Crippen molar-refractivity contribution in [3.05, 3.63) is 29.8 Å². The summed E-state index contributed by atoms with van der Waals surface area (Å²) < 4.78 is 0. The molecule has 0 aromatic heterocycles. The Morgan fingerprint density at radius 3 is 2.45 bits per heavy atom. The average Bonchev–Trinajstić information content (AvgIpc) is 2.48. The molecule has 122 valence electrons. The van der Waals surface area contributed by atoms with Crippen LogP contribution in [0.4, 0.5) is 5.69 Å². The lowest BCUT2D eigenvalue weighted by molar-refractivity contribution is -0.138. The van der Waals surface area contributed by atoms with Crippen LogP contribution in [-0.4, -0.2) is 29.8 Å². The van der Waals surface area contributed by atoms with Crippen LogP contribution in [-0.2, 0) is 9.59 Å². The highest BCUT2D eigenvalue weighted by molar-refractivity contribution is 5.95. The Balaban J connectivity index is 2.68. The van der Waals surface area contributed by atoms with Crippen LogP contribution in [0, 0.1) is 12.8 Å². The first-order valence-electron chi connectivity index (χ1n) is 8.13. The lowest BCUT2D eigenvalue weighted by atomic mass is 10.0. The van der Waals surface area contributed by atoms with Crippen LogP contribution in [0.3, 0.4) is 0 Å². The Morgan fingerprint density at radius 2 is 1.86 bits per heavy atom. The van der Waals surface area contributed by atoms with Crippen LogP contribution in [0.2, 0.25) is 0 Å². The minimum Gasteiger partial charge on any atom is -0.333 e. The van der Waals surface area contributed by atoms with Crippen LogP contribution < -0.4 is 5.32 Å². The zero-order valence-corrected chi connectivity index (χ0v) is 14.2. The van der Waals surface area contributed by atoms with Crippen LogP contribution in [0.1, 0.15) is 45.6 Å². The quantitative estimate of drug-likeness (QED) is 0.797. The molecule has 0 heterocycles. The third-order valence-corrected chi connectivity index (χ3v) is 3.70. The monoisotopic (exact) mass is 304 g/mol. The molecule has 4 heteroatoms. The Morgan fingerprint density at radius 1 is 1.18 bits per heavy atom. The predicted molar refractivity (Wildman–Crippen MR) is 90.8 cm³/mol. The second-order valence-corrected chi connectivity index (χ2v) is 5.81. The molecular weight excluding hydrogens is 276 g/mol. The molecule has 2 amide bonds. The standard InChI is InChI=1S/C18H28N2O2/c1-5-9-15(4)18(22)20(12-6-2)13-17(21)19-16-11-8-7-10-14(16)3/h7-8,10-11,15H,5-6,9,12-13H2,1-4H3,(H,19,21). The van der Waals surface area contributed by atoms with Crippen LogP contribution in [0.5, 0.6) is 0 Å². The molecule has 1 aromatic rings. The number of aryl methyl sites for hydroxylation is 1. The van der Waals surface area contributed by atoms with Crippen LogP contribution in [0.25, 0.3) is 0 Å². The minimum absolute atomic E-state index is 0.0252. The number of rotatable bonds is 8. The summed E-state index contributed by atoms with van der Waals surface area (Å²) in [5, 5.41) is 2.89. The van der Waals surface area contributed by atoms with Gasteiger partial charge in [-0.25, -0.2) is 0 Å². The number of hydrogen-bond donors (Lipinski definition) is 1. The lowest BCUT2D eigenvalue weighted by Crippen LogP contribution is -2.41. The third kappa shape index (κ3) is 5.51. The van der Waals surface area contributed by atoms with Gasteiger partial charge in [0, 0.05) is 18.2 Å². The van der Waals surface area contributed by atoms with E-state index in [1.807, 2.05) is 45.0 Å². The van der Waals surface area contributed by atoms with Gasteiger partial charge in [0.2, 0.25) is 11.8 Å². The van der Waals surface area contributed by atoms with Gasteiger partial charge >= 0.3 is 0 Å². The van der Waals surface area contributed by atoms with Crippen molar-refractivity contribution in [1.29, 1.82) is 0 Å². The molecule has 1 N–H and O–H groups in total. The molecule has 0 saturated heterocycles. The zero-order valence-electron chi connectivity index (χ0n) is 14.2. The van der Waals surface area contributed by atoms with Gasteiger partial charge in [-0.1, -0.05) is 45.4 Å². The van der Waals surface area contributed by atoms with Gasteiger partial charge in [-0.2, -0.15) is 0 Å². The molecule has 4 nitrogen and oxygen atoms in total. The van der Waals surface area contributed by atoms with Crippen molar-refractivity contribution >= 4 is 17.5 Å². The van der Waals surface area contributed by atoms with E-state index in [2.05, 4.69) is 12.2 Å². The molecule has 0 aliphatic rings. The fourth-order valence-electron chi connectivity index (χ4n) is 2.48. The molecule has 0 spiro atoms. The number of benzene rings is 1. The van der Waals surface area contributed by atoms with Gasteiger partial charge in [-0.15, -0.1) is 0 Å². The maximum Gasteiger partial charge on any atom is 0.244 e. The van der Waals surface area contributed by atoms with Gasteiger partial charge in [-0.3, -0.25) is 9.59 Å². The largest absolute Gasteiger partial charge is 0.333 e. The number of amides is 2. The first-order chi connectivity index (χ1) is 10.5. The van der Waals surface area contributed by atoms with Crippen molar-refractivity contribution in [2.24, 2.45) is 5.92 Å². The van der Waals surface area contributed by atoms with E-state index in [0.717, 1.165) is 30.5 Å². The van der Waals surface area contributed by atoms with E-state index in [1.165, 1.54) is 0 Å². The summed E-state index contributed by atoms with van der Waals surface area (Å²) in [4.78, 5) is 26.3. The number of carbonyl (C=O) groups excluding carboxylic acids is 2. The van der Waals surface area contributed by atoms with Crippen molar-refractivity contribution in [2.45, 2.75) is 47.0 Å². The SMILES string of the molecule is CCCC(C)C(=O)N(CCC)CC(=O)Nc1ccccc1C. The molecular formula is C18H28N2O2. The molecule has 0 saturated carbocycles. The summed E-state index contributed by atoms with van der Waals surface area (Å²) >= 11 is 0. The molecule has 1 unspecified atom stereocenters. The molecule has 0 aliphatic carbocycles. The summed E-state index contributed by atoms with van der Waals surface area (Å²) in [6.45, 7) is 8.72. The molecule has 1 rings (SSSR count). The topological polar surface area (TPSA) is 49.4 Å².